The molecule has 5 heteroatoms. The third kappa shape index (κ3) is 3.45. The third-order valence-corrected chi connectivity index (χ3v) is 3.96. The van der Waals surface area contributed by atoms with Gasteiger partial charge in [0.05, 0.1) is 4.88 Å². The summed E-state index contributed by atoms with van der Waals surface area (Å²) in [5, 5.41) is 13.5. The highest BCUT2D eigenvalue weighted by atomic mass is 32.1. The number of amides is 1. The summed E-state index contributed by atoms with van der Waals surface area (Å²) in [5.74, 6) is -1.000. The highest BCUT2D eigenvalue weighted by molar-refractivity contribution is 7.12. The van der Waals surface area contributed by atoms with Gasteiger partial charge in [-0.15, -0.1) is 11.3 Å². The molecule has 1 heterocycles. The molecule has 0 unspecified atom stereocenters. The van der Waals surface area contributed by atoms with Crippen molar-refractivity contribution in [3.63, 3.8) is 0 Å². The molecule has 1 aromatic heterocycles. The first-order valence-electron chi connectivity index (χ1n) is 6.23. The van der Waals surface area contributed by atoms with E-state index in [0.29, 0.717) is 17.0 Å². The first-order chi connectivity index (χ1) is 9.58. The van der Waals surface area contributed by atoms with Gasteiger partial charge in [0, 0.05) is 12.1 Å². The fraction of sp³-hybridized carbons (Fsp3) is 0.200. The second-order valence-corrected chi connectivity index (χ2v) is 5.35. The van der Waals surface area contributed by atoms with Crippen LogP contribution < -0.4 is 5.32 Å². The van der Waals surface area contributed by atoms with Crippen LogP contribution in [0.4, 0.5) is 5.69 Å². The summed E-state index contributed by atoms with van der Waals surface area (Å²) in [5.41, 5.74) is 2.44. The predicted octanol–water partition coefficient (Wildman–Crippen LogP) is 3.33. The van der Waals surface area contributed by atoms with Crippen molar-refractivity contribution in [1.29, 1.82) is 0 Å². The Balaban J connectivity index is 2.15. The van der Waals surface area contributed by atoms with Crippen molar-refractivity contribution in [1.82, 2.24) is 0 Å². The van der Waals surface area contributed by atoms with Crippen LogP contribution in [0.15, 0.2) is 35.7 Å². The van der Waals surface area contributed by atoms with Crippen LogP contribution in [0.25, 0.3) is 0 Å². The quantitative estimate of drug-likeness (QED) is 0.887. The lowest BCUT2D eigenvalue weighted by molar-refractivity contribution is -0.136. The molecule has 1 aromatic carbocycles. The van der Waals surface area contributed by atoms with Crippen LogP contribution in [0.5, 0.6) is 0 Å². The average molecular weight is 289 g/mol. The van der Waals surface area contributed by atoms with Crippen LogP contribution in [0.2, 0.25) is 0 Å². The van der Waals surface area contributed by atoms with Gasteiger partial charge in [-0.1, -0.05) is 18.2 Å². The average Bonchev–Trinajstić information content (AvgIpc) is 2.84. The van der Waals surface area contributed by atoms with Crippen molar-refractivity contribution in [2.45, 2.75) is 19.8 Å². The molecule has 2 aromatic rings. The highest BCUT2D eigenvalue weighted by Gasteiger charge is 2.12. The number of nitrogens with one attached hydrogen (secondary N) is 1. The second-order valence-electron chi connectivity index (χ2n) is 4.44. The molecule has 1 amide bonds. The van der Waals surface area contributed by atoms with Crippen LogP contribution in [0.3, 0.4) is 0 Å². The summed E-state index contributed by atoms with van der Waals surface area (Å²) in [4.78, 5) is 23.5. The monoisotopic (exact) mass is 289 g/mol. The number of carbonyl (C=O) groups excluding carboxylic acids is 1. The van der Waals surface area contributed by atoms with Crippen LogP contribution in [-0.2, 0) is 11.2 Å². The summed E-state index contributed by atoms with van der Waals surface area (Å²) >= 11 is 1.39. The van der Waals surface area contributed by atoms with E-state index in [4.69, 9.17) is 5.11 Å². The van der Waals surface area contributed by atoms with E-state index in [1.54, 1.807) is 6.07 Å². The number of aliphatic carboxylic acids is 1. The fourth-order valence-corrected chi connectivity index (χ4v) is 2.71. The van der Waals surface area contributed by atoms with Crippen LogP contribution in [0.1, 0.15) is 27.2 Å². The van der Waals surface area contributed by atoms with E-state index in [9.17, 15) is 9.59 Å². The van der Waals surface area contributed by atoms with Crippen LogP contribution in [0, 0.1) is 6.92 Å². The van der Waals surface area contributed by atoms with Crippen LogP contribution in [-0.4, -0.2) is 17.0 Å². The maximum atomic E-state index is 12.2. The maximum absolute atomic E-state index is 12.2. The lowest BCUT2D eigenvalue weighted by Crippen LogP contribution is -2.13. The van der Waals surface area contributed by atoms with Crippen molar-refractivity contribution in [3.8, 4) is 0 Å². The molecule has 0 radical (unpaired) electrons. The van der Waals surface area contributed by atoms with Gasteiger partial charge in [0.15, 0.2) is 0 Å². The zero-order valence-electron chi connectivity index (χ0n) is 11.1. The third-order valence-electron chi connectivity index (χ3n) is 2.94. The number of hydrogen-bond donors (Lipinski definition) is 2. The maximum Gasteiger partial charge on any atom is 0.303 e. The van der Waals surface area contributed by atoms with Crippen molar-refractivity contribution < 1.29 is 14.7 Å². The molecule has 0 spiro atoms. The molecule has 20 heavy (non-hydrogen) atoms. The summed E-state index contributed by atoms with van der Waals surface area (Å²) in [6.07, 6.45) is 0.445. The summed E-state index contributed by atoms with van der Waals surface area (Å²) < 4.78 is 0. The van der Waals surface area contributed by atoms with Gasteiger partial charge >= 0.3 is 5.97 Å². The number of carbonyl (C=O) groups is 2. The predicted molar refractivity (Wildman–Crippen MR) is 79.4 cm³/mol. The molecule has 4 nitrogen and oxygen atoms in total. The van der Waals surface area contributed by atoms with E-state index in [-0.39, 0.29) is 12.3 Å². The summed E-state index contributed by atoms with van der Waals surface area (Å²) in [6, 6.07) is 9.18. The number of para-hydroxylation sites is 1. The van der Waals surface area contributed by atoms with E-state index < -0.39 is 5.97 Å². The van der Waals surface area contributed by atoms with E-state index in [0.717, 1.165) is 11.1 Å². The number of carboxylic acids is 1. The van der Waals surface area contributed by atoms with Crippen molar-refractivity contribution >= 4 is 28.9 Å². The number of rotatable bonds is 5. The van der Waals surface area contributed by atoms with Gasteiger partial charge in [-0.2, -0.15) is 0 Å². The number of carboxylic acid groups (broad SMARTS) is 1. The minimum absolute atomic E-state index is 0.0465. The summed E-state index contributed by atoms with van der Waals surface area (Å²) in [7, 11) is 0. The molecule has 2 rings (SSSR count). The van der Waals surface area contributed by atoms with Crippen molar-refractivity contribution in [2.75, 3.05) is 5.32 Å². The van der Waals surface area contributed by atoms with E-state index in [1.807, 2.05) is 36.6 Å². The van der Waals surface area contributed by atoms with Gasteiger partial charge in [-0.25, -0.2) is 0 Å². The Morgan fingerprint density at radius 2 is 2.00 bits per heavy atom. The number of aryl methyl sites for hydroxylation is 2. The first kappa shape index (κ1) is 14.3. The van der Waals surface area contributed by atoms with Gasteiger partial charge in [-0.3, -0.25) is 9.59 Å². The number of anilines is 1. The zero-order chi connectivity index (χ0) is 14.5. The minimum Gasteiger partial charge on any atom is -0.481 e. The fourth-order valence-electron chi connectivity index (χ4n) is 1.89. The Morgan fingerprint density at radius 3 is 2.65 bits per heavy atom. The van der Waals surface area contributed by atoms with Gasteiger partial charge in [-0.05, 0) is 42.0 Å². The molecule has 0 atom stereocenters. The lowest BCUT2D eigenvalue weighted by atomic mass is 10.1. The normalized spacial score (nSPS) is 10.2. The smallest absolute Gasteiger partial charge is 0.303 e. The Morgan fingerprint density at radius 1 is 1.25 bits per heavy atom. The molecule has 0 aliphatic heterocycles. The highest BCUT2D eigenvalue weighted by Crippen LogP contribution is 2.21. The zero-order valence-corrected chi connectivity index (χ0v) is 11.9. The molecule has 104 valence electrons. The van der Waals surface area contributed by atoms with Crippen LogP contribution >= 0.6 is 11.3 Å². The molecule has 0 bridgehead atoms. The second kappa shape index (κ2) is 6.34. The minimum atomic E-state index is -0.847. The Labute approximate surface area is 121 Å². The largest absolute Gasteiger partial charge is 0.481 e. The molecule has 0 saturated carbocycles. The molecule has 0 fully saturated rings. The molecular formula is C15H15NO3S. The lowest BCUT2D eigenvalue weighted by Gasteiger charge is -2.10. The molecule has 0 aliphatic carbocycles. The summed E-state index contributed by atoms with van der Waals surface area (Å²) in [6.45, 7) is 1.89. The molecular weight excluding hydrogens is 274 g/mol. The topological polar surface area (TPSA) is 66.4 Å². The van der Waals surface area contributed by atoms with Crippen molar-refractivity contribution in [2.24, 2.45) is 0 Å². The Hall–Kier alpha value is -2.14. The number of hydrogen-bond acceptors (Lipinski definition) is 3. The van der Waals surface area contributed by atoms with E-state index in [2.05, 4.69) is 5.32 Å². The number of thiophene rings is 1. The van der Waals surface area contributed by atoms with Gasteiger partial charge in [0.25, 0.3) is 5.91 Å². The van der Waals surface area contributed by atoms with Crippen molar-refractivity contribution in [3.05, 3.63) is 51.7 Å². The standard InChI is InChI=1S/C15H15NO3S/c1-10-8-9-20-14(10)15(19)16-12-5-3-2-4-11(12)6-7-13(17)18/h2-5,8-9H,6-7H2,1H3,(H,16,19)(H,17,18). The Bertz CT molecular complexity index is 634. The molecule has 0 saturated heterocycles. The Kier molecular flexibility index (Phi) is 4.53. The van der Waals surface area contributed by atoms with Gasteiger partial charge < -0.3 is 10.4 Å². The number of benzene rings is 1. The van der Waals surface area contributed by atoms with Gasteiger partial charge in [0.2, 0.25) is 0 Å². The van der Waals surface area contributed by atoms with E-state index in [1.165, 1.54) is 11.3 Å². The first-order valence-corrected chi connectivity index (χ1v) is 7.11. The molecule has 2 N–H and O–H groups in total. The molecule has 0 aliphatic rings. The van der Waals surface area contributed by atoms with E-state index >= 15 is 0 Å². The van der Waals surface area contributed by atoms with Gasteiger partial charge in [0.1, 0.15) is 0 Å². The SMILES string of the molecule is Cc1ccsc1C(=O)Nc1ccccc1CCC(=O)O.